The lowest BCUT2D eigenvalue weighted by Crippen LogP contribution is -2.15. The molecule has 6 heteroatoms. The van der Waals surface area contributed by atoms with E-state index in [0.29, 0.717) is 23.6 Å². The molecule has 0 bridgehead atoms. The molecule has 1 heterocycles. The first-order chi connectivity index (χ1) is 12.6. The van der Waals surface area contributed by atoms with Gasteiger partial charge in [0.2, 0.25) is 5.91 Å². The van der Waals surface area contributed by atoms with E-state index in [-0.39, 0.29) is 18.1 Å². The van der Waals surface area contributed by atoms with Crippen LogP contribution in [-0.4, -0.2) is 23.2 Å². The number of H-pyrrole nitrogens is 1. The smallest absolute Gasteiger partial charge is 0.228 e. The zero-order valence-corrected chi connectivity index (χ0v) is 14.7. The number of ether oxygens (including phenoxy) is 1. The highest BCUT2D eigenvalue weighted by atomic mass is 19.1. The zero-order valence-electron chi connectivity index (χ0n) is 14.7. The molecule has 5 nitrogen and oxygen atoms in total. The summed E-state index contributed by atoms with van der Waals surface area (Å²) in [4.78, 5) is 12.5. The number of aromatic nitrogens is 2. The van der Waals surface area contributed by atoms with Gasteiger partial charge in [-0.3, -0.25) is 9.89 Å². The van der Waals surface area contributed by atoms with Crippen molar-refractivity contribution in [2.45, 2.75) is 19.8 Å². The average Bonchev–Trinajstić information content (AvgIpc) is 3.06. The van der Waals surface area contributed by atoms with Crippen LogP contribution in [0, 0.1) is 5.82 Å². The molecule has 2 aromatic carbocycles. The Morgan fingerprint density at radius 3 is 2.69 bits per heavy atom. The Bertz CT molecular complexity index is 904. The molecule has 0 fully saturated rings. The Morgan fingerprint density at radius 1 is 1.23 bits per heavy atom. The van der Waals surface area contributed by atoms with Crippen LogP contribution in [0.15, 0.2) is 48.5 Å². The van der Waals surface area contributed by atoms with Crippen molar-refractivity contribution in [2.75, 3.05) is 12.4 Å². The standard InChI is InChI=1S/C20H20FN3O2/c1-3-17-20(22-18(25)11-13-7-9-15(21)10-8-13)19(24-23-17)14-5-4-6-16(12-14)26-2/h4-10,12H,3,11H2,1-2H3,(H,22,25)(H,23,24). The molecule has 1 aromatic heterocycles. The van der Waals surface area contributed by atoms with Crippen molar-refractivity contribution in [3.05, 3.63) is 65.6 Å². The fourth-order valence-electron chi connectivity index (χ4n) is 2.72. The van der Waals surface area contributed by atoms with Crippen LogP contribution in [0.2, 0.25) is 0 Å². The molecular weight excluding hydrogens is 333 g/mol. The van der Waals surface area contributed by atoms with E-state index < -0.39 is 0 Å². The highest BCUT2D eigenvalue weighted by Crippen LogP contribution is 2.31. The van der Waals surface area contributed by atoms with Crippen LogP contribution in [0.1, 0.15) is 18.2 Å². The molecule has 0 saturated carbocycles. The molecule has 0 radical (unpaired) electrons. The summed E-state index contributed by atoms with van der Waals surface area (Å²) in [5.74, 6) is 0.210. The number of methoxy groups -OCH3 is 1. The van der Waals surface area contributed by atoms with Gasteiger partial charge in [0.15, 0.2) is 0 Å². The predicted molar refractivity (Wildman–Crippen MR) is 98.7 cm³/mol. The third-order valence-corrected chi connectivity index (χ3v) is 4.08. The fourth-order valence-corrected chi connectivity index (χ4v) is 2.72. The maximum atomic E-state index is 13.0. The van der Waals surface area contributed by atoms with E-state index in [1.165, 1.54) is 12.1 Å². The van der Waals surface area contributed by atoms with Crippen LogP contribution in [0.3, 0.4) is 0 Å². The number of benzene rings is 2. The number of carbonyl (C=O) groups excluding carboxylic acids is 1. The van der Waals surface area contributed by atoms with Crippen molar-refractivity contribution in [3.63, 3.8) is 0 Å². The number of carbonyl (C=O) groups is 1. The van der Waals surface area contributed by atoms with Gasteiger partial charge in [0.25, 0.3) is 0 Å². The SMILES string of the molecule is CCc1[nH]nc(-c2cccc(OC)c2)c1NC(=O)Cc1ccc(F)cc1. The van der Waals surface area contributed by atoms with Crippen LogP contribution in [-0.2, 0) is 17.6 Å². The average molecular weight is 353 g/mol. The van der Waals surface area contributed by atoms with Gasteiger partial charge in [-0.2, -0.15) is 5.10 Å². The molecule has 134 valence electrons. The summed E-state index contributed by atoms with van der Waals surface area (Å²) in [6, 6.07) is 13.4. The van der Waals surface area contributed by atoms with Crippen molar-refractivity contribution in [2.24, 2.45) is 0 Å². The molecule has 0 atom stereocenters. The first-order valence-electron chi connectivity index (χ1n) is 8.36. The summed E-state index contributed by atoms with van der Waals surface area (Å²) >= 11 is 0. The lowest BCUT2D eigenvalue weighted by molar-refractivity contribution is -0.115. The molecule has 1 amide bonds. The molecule has 0 unspecified atom stereocenters. The summed E-state index contributed by atoms with van der Waals surface area (Å²) in [5, 5.41) is 10.3. The van der Waals surface area contributed by atoms with E-state index in [9.17, 15) is 9.18 Å². The molecule has 0 aliphatic rings. The minimum Gasteiger partial charge on any atom is -0.497 e. The minimum absolute atomic E-state index is 0.159. The van der Waals surface area contributed by atoms with Crippen molar-refractivity contribution in [1.82, 2.24) is 10.2 Å². The maximum Gasteiger partial charge on any atom is 0.228 e. The Kier molecular flexibility index (Phi) is 5.31. The summed E-state index contributed by atoms with van der Waals surface area (Å²) in [6.07, 6.45) is 0.856. The first kappa shape index (κ1) is 17.7. The molecule has 26 heavy (non-hydrogen) atoms. The third kappa shape index (κ3) is 3.91. The Hall–Kier alpha value is -3.15. The van der Waals surface area contributed by atoms with Gasteiger partial charge in [-0.1, -0.05) is 31.2 Å². The Labute approximate surface area is 151 Å². The number of amides is 1. The normalized spacial score (nSPS) is 10.6. The molecule has 2 N–H and O–H groups in total. The van der Waals surface area contributed by atoms with Crippen LogP contribution in [0.5, 0.6) is 5.75 Å². The molecule has 3 rings (SSSR count). The summed E-state index contributed by atoms with van der Waals surface area (Å²) in [5.41, 5.74) is 3.75. The lowest BCUT2D eigenvalue weighted by atomic mass is 10.1. The second kappa shape index (κ2) is 7.82. The van der Waals surface area contributed by atoms with Crippen molar-refractivity contribution in [3.8, 4) is 17.0 Å². The van der Waals surface area contributed by atoms with Gasteiger partial charge >= 0.3 is 0 Å². The minimum atomic E-state index is -0.322. The van der Waals surface area contributed by atoms with Gasteiger partial charge in [-0.05, 0) is 36.2 Å². The number of hydrogen-bond acceptors (Lipinski definition) is 3. The van der Waals surface area contributed by atoms with Crippen LogP contribution >= 0.6 is 0 Å². The van der Waals surface area contributed by atoms with E-state index in [1.54, 1.807) is 19.2 Å². The monoisotopic (exact) mass is 353 g/mol. The van der Waals surface area contributed by atoms with E-state index in [1.807, 2.05) is 31.2 Å². The summed E-state index contributed by atoms with van der Waals surface area (Å²) in [6.45, 7) is 1.98. The first-order valence-corrected chi connectivity index (χ1v) is 8.36. The number of nitrogens with one attached hydrogen (secondary N) is 2. The van der Waals surface area contributed by atoms with Crippen molar-refractivity contribution < 1.29 is 13.9 Å². The number of hydrogen-bond donors (Lipinski definition) is 2. The highest BCUT2D eigenvalue weighted by molar-refractivity contribution is 5.96. The van der Waals surface area contributed by atoms with E-state index in [4.69, 9.17) is 4.74 Å². The van der Waals surface area contributed by atoms with Gasteiger partial charge in [0.05, 0.1) is 24.9 Å². The maximum absolute atomic E-state index is 13.0. The van der Waals surface area contributed by atoms with Gasteiger partial charge < -0.3 is 10.1 Å². The van der Waals surface area contributed by atoms with Crippen LogP contribution < -0.4 is 10.1 Å². The third-order valence-electron chi connectivity index (χ3n) is 4.08. The predicted octanol–water partition coefficient (Wildman–Crippen LogP) is 3.97. The molecular formula is C20H20FN3O2. The topological polar surface area (TPSA) is 67.0 Å². The Morgan fingerprint density at radius 2 is 2.00 bits per heavy atom. The van der Waals surface area contributed by atoms with E-state index in [2.05, 4.69) is 15.5 Å². The number of nitrogens with zero attached hydrogens (tertiary/aromatic N) is 1. The number of anilines is 1. The number of aromatic amines is 1. The van der Waals surface area contributed by atoms with Crippen molar-refractivity contribution in [1.29, 1.82) is 0 Å². The molecule has 3 aromatic rings. The van der Waals surface area contributed by atoms with E-state index in [0.717, 1.165) is 16.8 Å². The molecule has 0 aliphatic carbocycles. The van der Waals surface area contributed by atoms with Crippen LogP contribution in [0.4, 0.5) is 10.1 Å². The number of halogens is 1. The highest BCUT2D eigenvalue weighted by Gasteiger charge is 2.17. The van der Waals surface area contributed by atoms with Gasteiger partial charge in [0, 0.05) is 5.56 Å². The van der Waals surface area contributed by atoms with Gasteiger partial charge in [-0.25, -0.2) is 4.39 Å². The second-order valence-electron chi connectivity index (χ2n) is 5.86. The Balaban J connectivity index is 1.85. The zero-order chi connectivity index (χ0) is 18.5. The quantitative estimate of drug-likeness (QED) is 0.705. The van der Waals surface area contributed by atoms with Gasteiger partial charge in [-0.15, -0.1) is 0 Å². The van der Waals surface area contributed by atoms with Gasteiger partial charge in [0.1, 0.15) is 17.3 Å². The molecule has 0 spiro atoms. The van der Waals surface area contributed by atoms with Crippen molar-refractivity contribution >= 4 is 11.6 Å². The second-order valence-corrected chi connectivity index (χ2v) is 5.86. The summed E-state index contributed by atoms with van der Waals surface area (Å²) in [7, 11) is 1.60. The summed E-state index contributed by atoms with van der Waals surface area (Å²) < 4.78 is 18.3. The number of rotatable bonds is 6. The number of aryl methyl sites for hydroxylation is 1. The molecule has 0 aliphatic heterocycles. The largest absolute Gasteiger partial charge is 0.497 e. The lowest BCUT2D eigenvalue weighted by Gasteiger charge is -2.09. The molecule has 0 saturated heterocycles. The fraction of sp³-hybridized carbons (Fsp3) is 0.200. The van der Waals surface area contributed by atoms with E-state index >= 15 is 0 Å². The van der Waals surface area contributed by atoms with Crippen LogP contribution in [0.25, 0.3) is 11.3 Å².